The molecule has 0 atom stereocenters. The van der Waals surface area contributed by atoms with E-state index in [0.717, 1.165) is 44.2 Å². The maximum Gasteiger partial charge on any atom is 0.158 e. The Balaban J connectivity index is 2.02. The minimum atomic E-state index is 0.268. The molecule has 112 valence electrons. The molecule has 2 heterocycles. The molecule has 6 nitrogen and oxygen atoms in total. The van der Waals surface area contributed by atoms with Crippen LogP contribution in [0.4, 0.5) is 11.6 Å². The van der Waals surface area contributed by atoms with Crippen LogP contribution < -0.4 is 10.6 Å². The fourth-order valence-corrected chi connectivity index (χ4v) is 2.25. The molecular weight excluding hydrogens is 256 g/mol. The molecule has 1 aliphatic heterocycles. The first-order chi connectivity index (χ1) is 9.65. The SMILES string of the molecule is CNc1cc(NCC2(C)CCOCC2)nc(COC)n1. The summed E-state index contributed by atoms with van der Waals surface area (Å²) >= 11 is 0. The number of nitrogens with one attached hydrogen (secondary N) is 2. The highest BCUT2D eigenvalue weighted by atomic mass is 16.5. The zero-order valence-electron chi connectivity index (χ0n) is 12.5. The third kappa shape index (κ3) is 4.05. The molecule has 0 unspecified atom stereocenters. The maximum atomic E-state index is 5.42. The third-order valence-corrected chi connectivity index (χ3v) is 3.70. The number of hydrogen-bond donors (Lipinski definition) is 2. The van der Waals surface area contributed by atoms with Crippen LogP contribution in [-0.4, -0.2) is 43.9 Å². The molecule has 1 aromatic heterocycles. The van der Waals surface area contributed by atoms with Gasteiger partial charge >= 0.3 is 0 Å². The zero-order valence-corrected chi connectivity index (χ0v) is 12.5. The second-order valence-electron chi connectivity index (χ2n) is 5.51. The van der Waals surface area contributed by atoms with E-state index in [-0.39, 0.29) is 5.41 Å². The highest BCUT2D eigenvalue weighted by molar-refractivity contribution is 5.47. The fourth-order valence-electron chi connectivity index (χ4n) is 2.25. The van der Waals surface area contributed by atoms with Crippen LogP contribution in [0.3, 0.4) is 0 Å². The van der Waals surface area contributed by atoms with Crippen LogP contribution in [0.1, 0.15) is 25.6 Å². The monoisotopic (exact) mass is 280 g/mol. The van der Waals surface area contributed by atoms with Crippen molar-refractivity contribution in [2.45, 2.75) is 26.4 Å². The molecule has 0 spiro atoms. The first-order valence-corrected chi connectivity index (χ1v) is 7.01. The molecule has 0 aromatic carbocycles. The Labute approximate surface area is 120 Å². The Morgan fingerprint density at radius 2 is 2.00 bits per heavy atom. The Hall–Kier alpha value is -1.40. The van der Waals surface area contributed by atoms with Crippen LogP contribution in [0.2, 0.25) is 0 Å². The van der Waals surface area contributed by atoms with Gasteiger partial charge in [-0.3, -0.25) is 0 Å². The van der Waals surface area contributed by atoms with Crippen molar-refractivity contribution in [1.29, 1.82) is 0 Å². The molecule has 2 rings (SSSR count). The quantitative estimate of drug-likeness (QED) is 0.829. The smallest absolute Gasteiger partial charge is 0.158 e. The van der Waals surface area contributed by atoms with Crippen molar-refractivity contribution in [2.75, 3.05) is 44.5 Å². The molecule has 0 radical (unpaired) electrons. The summed E-state index contributed by atoms with van der Waals surface area (Å²) in [6.45, 7) is 5.29. The highest BCUT2D eigenvalue weighted by Crippen LogP contribution is 2.29. The van der Waals surface area contributed by atoms with E-state index < -0.39 is 0 Å². The van der Waals surface area contributed by atoms with Gasteiger partial charge in [-0.15, -0.1) is 0 Å². The number of methoxy groups -OCH3 is 1. The van der Waals surface area contributed by atoms with Gasteiger partial charge in [0.2, 0.25) is 0 Å². The molecule has 0 saturated carbocycles. The summed E-state index contributed by atoms with van der Waals surface area (Å²) in [4.78, 5) is 8.81. The van der Waals surface area contributed by atoms with E-state index in [2.05, 4.69) is 27.5 Å². The lowest BCUT2D eigenvalue weighted by molar-refractivity contribution is 0.0299. The molecule has 1 saturated heterocycles. The van der Waals surface area contributed by atoms with Gasteiger partial charge in [0.05, 0.1) is 0 Å². The average Bonchev–Trinajstić information content (AvgIpc) is 2.46. The van der Waals surface area contributed by atoms with Crippen LogP contribution >= 0.6 is 0 Å². The molecule has 20 heavy (non-hydrogen) atoms. The van der Waals surface area contributed by atoms with Crippen LogP contribution in [-0.2, 0) is 16.1 Å². The minimum Gasteiger partial charge on any atom is -0.381 e. The highest BCUT2D eigenvalue weighted by Gasteiger charge is 2.27. The van der Waals surface area contributed by atoms with Crippen molar-refractivity contribution < 1.29 is 9.47 Å². The standard InChI is InChI=1S/C14H24N4O2/c1-14(4-6-20-7-5-14)10-16-12-8-11(15-2)17-13(18-12)9-19-3/h8H,4-7,9-10H2,1-3H3,(H2,15,16,17,18). The first kappa shape index (κ1) is 15.0. The van der Waals surface area contributed by atoms with Crippen molar-refractivity contribution in [3.8, 4) is 0 Å². The lowest BCUT2D eigenvalue weighted by atomic mass is 9.82. The third-order valence-electron chi connectivity index (χ3n) is 3.70. The van der Waals surface area contributed by atoms with Gasteiger partial charge in [-0.25, -0.2) is 9.97 Å². The van der Waals surface area contributed by atoms with Gasteiger partial charge in [0.1, 0.15) is 18.2 Å². The number of rotatable bonds is 6. The second kappa shape index (κ2) is 6.85. The Bertz CT molecular complexity index is 433. The van der Waals surface area contributed by atoms with E-state index >= 15 is 0 Å². The van der Waals surface area contributed by atoms with Crippen LogP contribution in [0, 0.1) is 5.41 Å². The fraction of sp³-hybridized carbons (Fsp3) is 0.714. The van der Waals surface area contributed by atoms with Crippen molar-refractivity contribution in [3.63, 3.8) is 0 Å². The molecule has 1 fully saturated rings. The van der Waals surface area contributed by atoms with Gasteiger partial charge in [-0.1, -0.05) is 6.92 Å². The van der Waals surface area contributed by atoms with Crippen molar-refractivity contribution in [3.05, 3.63) is 11.9 Å². The molecular formula is C14H24N4O2. The molecule has 2 N–H and O–H groups in total. The van der Waals surface area contributed by atoms with E-state index in [0.29, 0.717) is 12.4 Å². The van der Waals surface area contributed by atoms with Crippen LogP contribution in [0.15, 0.2) is 6.07 Å². The summed E-state index contributed by atoms with van der Waals surface area (Å²) < 4.78 is 10.5. The Morgan fingerprint density at radius 1 is 1.30 bits per heavy atom. The van der Waals surface area contributed by atoms with Gasteiger partial charge in [-0.2, -0.15) is 0 Å². The second-order valence-corrected chi connectivity index (χ2v) is 5.51. The summed E-state index contributed by atoms with van der Waals surface area (Å²) in [5, 5.41) is 6.47. The number of ether oxygens (including phenoxy) is 2. The maximum absolute atomic E-state index is 5.42. The van der Waals surface area contributed by atoms with Gasteiger partial charge in [0.25, 0.3) is 0 Å². The van der Waals surface area contributed by atoms with E-state index in [1.807, 2.05) is 13.1 Å². The summed E-state index contributed by atoms with van der Waals surface area (Å²) in [5.41, 5.74) is 0.268. The summed E-state index contributed by atoms with van der Waals surface area (Å²) in [6.07, 6.45) is 2.16. The number of nitrogens with zero attached hydrogens (tertiary/aromatic N) is 2. The molecule has 0 bridgehead atoms. The Kier molecular flexibility index (Phi) is 5.14. The molecule has 1 aliphatic rings. The molecule has 0 amide bonds. The lowest BCUT2D eigenvalue weighted by Crippen LogP contribution is -2.33. The average molecular weight is 280 g/mol. The predicted molar refractivity (Wildman–Crippen MR) is 78.9 cm³/mol. The normalized spacial score (nSPS) is 17.8. The number of anilines is 2. The van der Waals surface area contributed by atoms with Crippen LogP contribution in [0.5, 0.6) is 0 Å². The van der Waals surface area contributed by atoms with Crippen molar-refractivity contribution >= 4 is 11.6 Å². The van der Waals surface area contributed by atoms with E-state index in [4.69, 9.17) is 9.47 Å². The van der Waals surface area contributed by atoms with Crippen molar-refractivity contribution in [2.24, 2.45) is 5.41 Å². The van der Waals surface area contributed by atoms with Gasteiger partial charge in [-0.05, 0) is 18.3 Å². The summed E-state index contributed by atoms with van der Waals surface area (Å²) in [6, 6.07) is 1.92. The van der Waals surface area contributed by atoms with Gasteiger partial charge in [0, 0.05) is 40.0 Å². The number of aromatic nitrogens is 2. The van der Waals surface area contributed by atoms with E-state index in [1.165, 1.54) is 0 Å². The predicted octanol–water partition coefficient (Wildman–Crippen LogP) is 1.89. The Morgan fingerprint density at radius 3 is 2.65 bits per heavy atom. The first-order valence-electron chi connectivity index (χ1n) is 7.01. The van der Waals surface area contributed by atoms with Gasteiger partial charge < -0.3 is 20.1 Å². The summed E-state index contributed by atoms with van der Waals surface area (Å²) in [5.74, 6) is 2.31. The van der Waals surface area contributed by atoms with Crippen molar-refractivity contribution in [1.82, 2.24) is 9.97 Å². The number of hydrogen-bond acceptors (Lipinski definition) is 6. The molecule has 0 aliphatic carbocycles. The van der Waals surface area contributed by atoms with E-state index in [1.54, 1.807) is 7.11 Å². The van der Waals surface area contributed by atoms with Crippen LogP contribution in [0.25, 0.3) is 0 Å². The van der Waals surface area contributed by atoms with E-state index in [9.17, 15) is 0 Å². The minimum absolute atomic E-state index is 0.268. The zero-order chi connectivity index (χ0) is 14.4. The topological polar surface area (TPSA) is 68.3 Å². The summed E-state index contributed by atoms with van der Waals surface area (Å²) in [7, 11) is 3.49. The molecule has 6 heteroatoms. The molecule has 1 aromatic rings. The largest absolute Gasteiger partial charge is 0.381 e. The lowest BCUT2D eigenvalue weighted by Gasteiger charge is -2.33. The van der Waals surface area contributed by atoms with Gasteiger partial charge in [0.15, 0.2) is 5.82 Å².